The minimum Gasteiger partial charge on any atom is -0.272 e. The van der Waals surface area contributed by atoms with Gasteiger partial charge in [-0.15, -0.1) is 10.2 Å². The van der Waals surface area contributed by atoms with Crippen LogP contribution in [0.4, 0.5) is 0 Å². The van der Waals surface area contributed by atoms with Crippen molar-refractivity contribution in [3.63, 3.8) is 0 Å². The van der Waals surface area contributed by atoms with Crippen LogP contribution in [-0.2, 0) is 10.5 Å². The third-order valence-corrected chi connectivity index (χ3v) is 8.15. The lowest BCUT2D eigenvalue weighted by Crippen LogP contribution is -2.21. The first-order valence-corrected chi connectivity index (χ1v) is 12.9. The number of thioether (sulfide) groups is 2. The SMILES string of the molecule is C/C(=N\NC(=O)CSc1nnc(SCc2ccccc2Cl)s1)c1ccc2ccccc2c1. The number of amides is 1. The smallest absolute Gasteiger partial charge is 0.250 e. The van der Waals surface area contributed by atoms with E-state index in [1.807, 2.05) is 49.4 Å². The van der Waals surface area contributed by atoms with Crippen LogP contribution in [0.25, 0.3) is 10.8 Å². The second-order valence-electron chi connectivity index (χ2n) is 6.80. The molecule has 1 amide bonds. The minimum atomic E-state index is -0.185. The highest BCUT2D eigenvalue weighted by atomic mass is 35.5. The van der Waals surface area contributed by atoms with E-state index in [-0.39, 0.29) is 11.7 Å². The molecule has 0 bridgehead atoms. The second-order valence-corrected chi connectivity index (χ2v) is 10.6. The van der Waals surface area contributed by atoms with E-state index in [1.54, 1.807) is 11.8 Å². The summed E-state index contributed by atoms with van der Waals surface area (Å²) in [5, 5.41) is 15.6. The van der Waals surface area contributed by atoms with Gasteiger partial charge in [0.05, 0.1) is 11.5 Å². The number of aromatic nitrogens is 2. The molecule has 9 heteroatoms. The number of nitrogens with one attached hydrogen (secondary N) is 1. The molecule has 0 radical (unpaired) electrons. The summed E-state index contributed by atoms with van der Waals surface area (Å²) in [6.07, 6.45) is 0. The summed E-state index contributed by atoms with van der Waals surface area (Å²) in [5.74, 6) is 0.760. The molecular weight excluding hydrogens is 480 g/mol. The largest absolute Gasteiger partial charge is 0.272 e. The van der Waals surface area contributed by atoms with Crippen molar-refractivity contribution in [1.82, 2.24) is 15.6 Å². The average molecular weight is 499 g/mol. The lowest BCUT2D eigenvalue weighted by atomic mass is 10.0. The van der Waals surface area contributed by atoms with Crippen molar-refractivity contribution in [3.05, 3.63) is 82.9 Å². The van der Waals surface area contributed by atoms with Crippen LogP contribution in [0.5, 0.6) is 0 Å². The predicted molar refractivity (Wildman–Crippen MR) is 136 cm³/mol. The Labute approximate surface area is 203 Å². The molecule has 32 heavy (non-hydrogen) atoms. The fourth-order valence-corrected chi connectivity index (χ4v) is 5.95. The van der Waals surface area contributed by atoms with Gasteiger partial charge >= 0.3 is 0 Å². The van der Waals surface area contributed by atoms with Gasteiger partial charge in [0.1, 0.15) is 0 Å². The zero-order valence-electron chi connectivity index (χ0n) is 17.1. The maximum atomic E-state index is 12.2. The Morgan fingerprint density at radius 3 is 2.53 bits per heavy atom. The van der Waals surface area contributed by atoms with Crippen LogP contribution < -0.4 is 5.43 Å². The molecular formula is C23H19ClN4OS3. The average Bonchev–Trinajstić information content (AvgIpc) is 3.28. The van der Waals surface area contributed by atoms with Gasteiger partial charge in [-0.3, -0.25) is 4.79 Å². The standard InChI is InChI=1S/C23H19ClN4OS3/c1-15(17-11-10-16-6-2-3-7-18(16)12-17)25-26-21(29)14-31-23-28-27-22(32-23)30-13-19-8-4-5-9-20(19)24/h2-12H,13-14H2,1H3,(H,26,29)/b25-15+. The molecule has 1 N–H and O–H groups in total. The fraction of sp³-hybridized carbons (Fsp3) is 0.130. The zero-order chi connectivity index (χ0) is 22.3. The third kappa shape index (κ3) is 6.10. The van der Waals surface area contributed by atoms with Crippen molar-refractivity contribution in [1.29, 1.82) is 0 Å². The molecule has 4 rings (SSSR count). The van der Waals surface area contributed by atoms with E-state index < -0.39 is 0 Å². The summed E-state index contributed by atoms with van der Waals surface area (Å²) in [4.78, 5) is 12.2. The van der Waals surface area contributed by atoms with Crippen LogP contribution in [0.2, 0.25) is 5.02 Å². The summed E-state index contributed by atoms with van der Waals surface area (Å²) in [7, 11) is 0. The molecule has 0 fully saturated rings. The summed E-state index contributed by atoms with van der Waals surface area (Å²) >= 11 is 10.6. The monoisotopic (exact) mass is 498 g/mol. The van der Waals surface area contributed by atoms with Crippen LogP contribution in [-0.4, -0.2) is 27.6 Å². The topological polar surface area (TPSA) is 67.2 Å². The quantitative estimate of drug-likeness (QED) is 0.176. The van der Waals surface area contributed by atoms with Crippen molar-refractivity contribution in [3.8, 4) is 0 Å². The van der Waals surface area contributed by atoms with Gasteiger partial charge in [0.2, 0.25) is 0 Å². The van der Waals surface area contributed by atoms with Crippen molar-refractivity contribution in [2.45, 2.75) is 21.4 Å². The number of carbonyl (C=O) groups is 1. The molecule has 1 heterocycles. The van der Waals surface area contributed by atoms with Crippen LogP contribution >= 0.6 is 46.5 Å². The number of halogens is 1. The number of nitrogens with zero attached hydrogens (tertiary/aromatic N) is 3. The highest BCUT2D eigenvalue weighted by Crippen LogP contribution is 2.32. The third-order valence-electron chi connectivity index (χ3n) is 4.54. The molecule has 0 saturated heterocycles. The lowest BCUT2D eigenvalue weighted by Gasteiger charge is -2.04. The fourth-order valence-electron chi connectivity index (χ4n) is 2.85. The maximum absolute atomic E-state index is 12.2. The molecule has 0 aliphatic rings. The summed E-state index contributed by atoms with van der Waals surface area (Å²) in [6.45, 7) is 1.88. The van der Waals surface area contributed by atoms with Gasteiger partial charge in [-0.05, 0) is 41.0 Å². The van der Waals surface area contributed by atoms with Crippen LogP contribution in [0.3, 0.4) is 0 Å². The molecule has 4 aromatic rings. The first-order valence-electron chi connectivity index (χ1n) is 9.73. The molecule has 1 aromatic heterocycles. The highest BCUT2D eigenvalue weighted by Gasteiger charge is 2.10. The van der Waals surface area contributed by atoms with Gasteiger partial charge in [0, 0.05) is 10.8 Å². The number of benzene rings is 3. The van der Waals surface area contributed by atoms with Crippen molar-refractivity contribution in [2.24, 2.45) is 5.10 Å². The van der Waals surface area contributed by atoms with E-state index in [0.717, 1.165) is 41.7 Å². The van der Waals surface area contributed by atoms with Crippen LogP contribution in [0.1, 0.15) is 18.1 Å². The summed E-state index contributed by atoms with van der Waals surface area (Å²) in [5.41, 5.74) is 5.41. The molecule has 0 aliphatic carbocycles. The predicted octanol–water partition coefficient (Wildman–Crippen LogP) is 6.27. The second kappa shape index (κ2) is 11.0. The lowest BCUT2D eigenvalue weighted by molar-refractivity contribution is -0.118. The molecule has 5 nitrogen and oxygen atoms in total. The molecule has 0 spiro atoms. The van der Waals surface area contributed by atoms with E-state index >= 15 is 0 Å². The molecule has 162 valence electrons. The summed E-state index contributed by atoms with van der Waals surface area (Å²) in [6, 6.07) is 22.0. The molecule has 0 aliphatic heterocycles. The van der Waals surface area contributed by atoms with E-state index in [0.29, 0.717) is 0 Å². The van der Waals surface area contributed by atoms with Gasteiger partial charge in [-0.1, -0.05) is 101 Å². The number of hydrogen-bond donors (Lipinski definition) is 1. The van der Waals surface area contributed by atoms with E-state index in [9.17, 15) is 4.79 Å². The van der Waals surface area contributed by atoms with Gasteiger partial charge in [0.15, 0.2) is 8.68 Å². The van der Waals surface area contributed by atoms with E-state index in [1.165, 1.54) is 28.5 Å². The molecule has 0 saturated carbocycles. The van der Waals surface area contributed by atoms with Crippen molar-refractivity contribution in [2.75, 3.05) is 5.75 Å². The minimum absolute atomic E-state index is 0.185. The molecule has 0 unspecified atom stereocenters. The Morgan fingerprint density at radius 2 is 1.72 bits per heavy atom. The Bertz CT molecular complexity index is 1270. The molecule has 3 aromatic carbocycles. The summed E-state index contributed by atoms with van der Waals surface area (Å²) < 4.78 is 1.59. The van der Waals surface area contributed by atoms with Crippen molar-refractivity contribution < 1.29 is 4.79 Å². The molecule has 0 atom stereocenters. The number of carbonyl (C=O) groups excluding carboxylic acids is 1. The number of hydrogen-bond acceptors (Lipinski definition) is 7. The van der Waals surface area contributed by atoms with Crippen LogP contribution in [0, 0.1) is 0 Å². The Kier molecular flexibility index (Phi) is 7.81. The Morgan fingerprint density at radius 1 is 1.00 bits per heavy atom. The highest BCUT2D eigenvalue weighted by molar-refractivity contribution is 8.03. The normalized spacial score (nSPS) is 11.6. The number of hydrazone groups is 1. The maximum Gasteiger partial charge on any atom is 0.250 e. The van der Waals surface area contributed by atoms with Gasteiger partial charge in [-0.25, -0.2) is 5.43 Å². The van der Waals surface area contributed by atoms with Crippen molar-refractivity contribution >= 4 is 68.9 Å². The first-order chi connectivity index (χ1) is 15.6. The van der Waals surface area contributed by atoms with Gasteiger partial charge in [0.25, 0.3) is 5.91 Å². The van der Waals surface area contributed by atoms with Crippen LogP contribution in [0.15, 0.2) is 80.5 Å². The Balaban J connectivity index is 1.27. The first kappa shape index (κ1) is 22.8. The number of fused-ring (bicyclic) bond motifs is 1. The van der Waals surface area contributed by atoms with E-state index in [4.69, 9.17) is 11.6 Å². The Hall–Kier alpha value is -2.39. The zero-order valence-corrected chi connectivity index (χ0v) is 20.3. The van der Waals surface area contributed by atoms with Gasteiger partial charge < -0.3 is 0 Å². The van der Waals surface area contributed by atoms with Gasteiger partial charge in [-0.2, -0.15) is 5.10 Å². The van der Waals surface area contributed by atoms with E-state index in [2.05, 4.69) is 45.0 Å². The number of rotatable bonds is 8.